The van der Waals surface area contributed by atoms with Gasteiger partial charge in [-0.2, -0.15) is 0 Å². The SMILES string of the molecule is CC(=O)O[C@@H](C)C=CC(=O)N[C@@H]1C[C@H](C)[C@H](CC=C(C)C=C[C@@H]2C[C@]3(CO3)C[C@@H](CC(=O)NC(C)(C)C(=O)O)O2)O[C@@H]1C. The molecule has 3 N–H and O–H groups in total. The van der Waals surface area contributed by atoms with Gasteiger partial charge in [0, 0.05) is 25.8 Å². The number of rotatable bonds is 12. The topological polar surface area (TPSA) is 153 Å². The van der Waals surface area contributed by atoms with E-state index in [0.29, 0.717) is 19.4 Å². The lowest BCUT2D eigenvalue weighted by Crippen LogP contribution is -2.51. The number of carbonyl (C=O) groups excluding carboxylic acids is 3. The number of carboxylic acids is 1. The molecule has 3 rings (SSSR count). The molecule has 0 saturated carbocycles. The van der Waals surface area contributed by atoms with Gasteiger partial charge in [-0.25, -0.2) is 4.79 Å². The maximum absolute atomic E-state index is 12.5. The quantitative estimate of drug-likeness (QED) is 0.132. The van der Waals surface area contributed by atoms with E-state index in [-0.39, 0.29) is 60.2 Å². The molecule has 3 aliphatic rings. The second kappa shape index (κ2) is 14.6. The van der Waals surface area contributed by atoms with Crippen LogP contribution in [0.15, 0.2) is 36.0 Å². The zero-order valence-electron chi connectivity index (χ0n) is 26.4. The third kappa shape index (κ3) is 10.9. The monoisotopic (exact) mass is 604 g/mol. The second-order valence-electron chi connectivity index (χ2n) is 12.8. The van der Waals surface area contributed by atoms with E-state index in [1.165, 1.54) is 26.8 Å². The fraction of sp³-hybridized carbons (Fsp3) is 0.688. The first-order chi connectivity index (χ1) is 20.1. The number of allylic oxidation sites excluding steroid dienone is 2. The van der Waals surface area contributed by atoms with Crippen LogP contribution < -0.4 is 10.6 Å². The Morgan fingerprint density at radius 1 is 1.12 bits per heavy atom. The molecule has 8 atom stereocenters. The van der Waals surface area contributed by atoms with Crippen molar-refractivity contribution in [3.8, 4) is 0 Å². The van der Waals surface area contributed by atoms with Crippen LogP contribution in [0.3, 0.4) is 0 Å². The number of aliphatic carboxylic acids is 1. The van der Waals surface area contributed by atoms with Crippen molar-refractivity contribution in [2.24, 2.45) is 5.92 Å². The summed E-state index contributed by atoms with van der Waals surface area (Å²) < 4.78 is 23.2. The van der Waals surface area contributed by atoms with Gasteiger partial charge in [-0.1, -0.05) is 30.7 Å². The van der Waals surface area contributed by atoms with Crippen LogP contribution in [0, 0.1) is 5.92 Å². The van der Waals surface area contributed by atoms with Gasteiger partial charge >= 0.3 is 11.9 Å². The molecule has 0 aliphatic carbocycles. The molecule has 11 nitrogen and oxygen atoms in total. The van der Waals surface area contributed by atoms with E-state index in [1.54, 1.807) is 13.0 Å². The summed E-state index contributed by atoms with van der Waals surface area (Å²) in [7, 11) is 0. The standard InChI is InChI=1S/C32H48N2O9/c1-19(8-11-24-16-32(18-40-32)17-25(43-24)15-29(37)34-31(6,7)30(38)39)9-12-27-20(2)14-26(22(4)42-27)33-28(36)13-10-21(3)41-23(5)35/h8-11,13,20-22,24-27H,12,14-18H2,1-7H3,(H,33,36)(H,34,37)(H,38,39)/t20-,21-,22+,24+,25+,26+,27-,32+/m0/s1. The Morgan fingerprint density at radius 3 is 2.44 bits per heavy atom. The number of hydrogen-bond donors (Lipinski definition) is 3. The summed E-state index contributed by atoms with van der Waals surface area (Å²) in [5, 5.41) is 14.8. The highest BCUT2D eigenvalue weighted by Crippen LogP contribution is 2.43. The number of nitrogens with one attached hydrogen (secondary N) is 2. The molecule has 11 heteroatoms. The van der Waals surface area contributed by atoms with Crippen molar-refractivity contribution in [3.05, 3.63) is 36.0 Å². The summed E-state index contributed by atoms with van der Waals surface area (Å²) in [6, 6.07) is -0.122. The van der Waals surface area contributed by atoms with Gasteiger partial charge in [0.05, 0.1) is 49.1 Å². The maximum Gasteiger partial charge on any atom is 0.328 e. The maximum atomic E-state index is 12.5. The predicted octanol–water partition coefficient (Wildman–Crippen LogP) is 3.37. The fourth-order valence-corrected chi connectivity index (χ4v) is 5.54. The first-order valence-corrected chi connectivity index (χ1v) is 15.1. The van der Waals surface area contributed by atoms with Crippen molar-refractivity contribution in [2.45, 2.75) is 128 Å². The lowest BCUT2D eigenvalue weighted by molar-refractivity contribution is -0.147. The molecule has 3 aliphatic heterocycles. The lowest BCUT2D eigenvalue weighted by atomic mass is 9.88. The van der Waals surface area contributed by atoms with Crippen LogP contribution in [0.1, 0.15) is 80.6 Å². The molecule has 240 valence electrons. The number of hydrogen-bond acceptors (Lipinski definition) is 8. The Balaban J connectivity index is 1.48. The molecule has 0 aromatic rings. The van der Waals surface area contributed by atoms with E-state index in [9.17, 15) is 24.3 Å². The largest absolute Gasteiger partial charge is 0.480 e. The molecule has 0 aromatic heterocycles. The zero-order valence-corrected chi connectivity index (χ0v) is 26.4. The van der Waals surface area contributed by atoms with Gasteiger partial charge in [0.1, 0.15) is 11.6 Å². The van der Waals surface area contributed by atoms with Crippen LogP contribution in [-0.2, 0) is 38.1 Å². The van der Waals surface area contributed by atoms with Gasteiger partial charge in [0.2, 0.25) is 11.8 Å². The third-order valence-electron chi connectivity index (χ3n) is 8.15. The lowest BCUT2D eigenvalue weighted by Gasteiger charge is -2.39. The van der Waals surface area contributed by atoms with Crippen LogP contribution >= 0.6 is 0 Å². The van der Waals surface area contributed by atoms with E-state index in [1.807, 2.05) is 26.0 Å². The van der Waals surface area contributed by atoms with Crippen LogP contribution in [-0.4, -0.2) is 83.2 Å². The Bertz CT molecular complexity index is 1120. The van der Waals surface area contributed by atoms with Crippen LogP contribution in [0.4, 0.5) is 0 Å². The Kier molecular flexibility index (Phi) is 11.7. The smallest absolute Gasteiger partial charge is 0.328 e. The Morgan fingerprint density at radius 2 is 1.81 bits per heavy atom. The van der Waals surface area contributed by atoms with Gasteiger partial charge in [-0.05, 0) is 59.5 Å². The molecular weight excluding hydrogens is 556 g/mol. The molecule has 0 radical (unpaired) electrons. The molecule has 3 saturated heterocycles. The summed E-state index contributed by atoms with van der Waals surface area (Å²) in [5.41, 5.74) is -0.568. The number of epoxide rings is 1. The minimum atomic E-state index is -1.35. The first-order valence-electron chi connectivity index (χ1n) is 15.1. The molecule has 43 heavy (non-hydrogen) atoms. The molecular formula is C32H48N2O9. The normalized spacial score (nSPS) is 32.0. The summed E-state index contributed by atoms with van der Waals surface area (Å²) in [5.74, 6) is -1.88. The first kappa shape index (κ1) is 34.5. The summed E-state index contributed by atoms with van der Waals surface area (Å²) in [6.45, 7) is 12.7. The van der Waals surface area contributed by atoms with Crippen molar-refractivity contribution in [3.63, 3.8) is 0 Å². The van der Waals surface area contributed by atoms with Gasteiger partial charge in [0.15, 0.2) is 0 Å². The fourth-order valence-electron chi connectivity index (χ4n) is 5.54. The average molecular weight is 605 g/mol. The Labute approximate surface area is 254 Å². The highest BCUT2D eigenvalue weighted by Gasteiger charge is 2.51. The van der Waals surface area contributed by atoms with E-state index < -0.39 is 23.6 Å². The highest BCUT2D eigenvalue weighted by molar-refractivity contribution is 5.88. The summed E-state index contributed by atoms with van der Waals surface area (Å²) in [6.07, 6.45) is 10.8. The predicted molar refractivity (Wildman–Crippen MR) is 159 cm³/mol. The number of ether oxygens (including phenoxy) is 4. The molecule has 0 bridgehead atoms. The van der Waals surface area contributed by atoms with E-state index in [2.05, 4.69) is 23.6 Å². The van der Waals surface area contributed by atoms with Crippen LogP contribution in [0.2, 0.25) is 0 Å². The zero-order chi connectivity index (χ0) is 31.9. The van der Waals surface area contributed by atoms with Gasteiger partial charge in [-0.3, -0.25) is 14.4 Å². The van der Waals surface area contributed by atoms with Gasteiger partial charge in [0.25, 0.3) is 0 Å². The molecule has 3 heterocycles. The summed E-state index contributed by atoms with van der Waals surface area (Å²) in [4.78, 5) is 47.3. The third-order valence-corrected chi connectivity index (χ3v) is 8.15. The molecule has 3 fully saturated rings. The minimum absolute atomic E-state index is 0.0121. The number of esters is 1. The van der Waals surface area contributed by atoms with Crippen molar-refractivity contribution in [2.75, 3.05) is 6.61 Å². The molecule has 0 aromatic carbocycles. The number of amides is 2. The van der Waals surface area contributed by atoms with Crippen LogP contribution in [0.5, 0.6) is 0 Å². The van der Waals surface area contributed by atoms with Crippen molar-refractivity contribution in [1.82, 2.24) is 10.6 Å². The second-order valence-corrected chi connectivity index (χ2v) is 12.8. The number of carbonyl (C=O) groups is 4. The van der Waals surface area contributed by atoms with Crippen molar-refractivity contribution in [1.29, 1.82) is 0 Å². The molecule has 2 amide bonds. The van der Waals surface area contributed by atoms with E-state index in [4.69, 9.17) is 18.9 Å². The van der Waals surface area contributed by atoms with Crippen molar-refractivity contribution < 1.29 is 43.2 Å². The summed E-state index contributed by atoms with van der Waals surface area (Å²) >= 11 is 0. The molecule has 0 unspecified atom stereocenters. The van der Waals surface area contributed by atoms with Crippen LogP contribution in [0.25, 0.3) is 0 Å². The molecule has 1 spiro atoms. The minimum Gasteiger partial charge on any atom is -0.480 e. The van der Waals surface area contributed by atoms with E-state index in [0.717, 1.165) is 18.4 Å². The number of carboxylic acid groups (broad SMARTS) is 1. The van der Waals surface area contributed by atoms with E-state index >= 15 is 0 Å². The van der Waals surface area contributed by atoms with Gasteiger partial charge < -0.3 is 34.7 Å². The van der Waals surface area contributed by atoms with Crippen molar-refractivity contribution >= 4 is 23.8 Å². The van der Waals surface area contributed by atoms with Gasteiger partial charge in [-0.15, -0.1) is 0 Å². The average Bonchev–Trinajstić information content (AvgIpc) is 3.63. The highest BCUT2D eigenvalue weighted by atomic mass is 16.6. The Hall–Kier alpha value is -3.02.